The van der Waals surface area contributed by atoms with Crippen molar-refractivity contribution in [3.05, 3.63) is 62.2 Å². The van der Waals surface area contributed by atoms with Crippen molar-refractivity contribution in [2.24, 2.45) is 0 Å². The number of nitrogens with zero attached hydrogens (tertiary/aromatic N) is 1. The Morgan fingerprint density at radius 2 is 2.16 bits per heavy atom. The predicted molar refractivity (Wildman–Crippen MR) is 77.9 cm³/mol. The number of hydrogen-bond acceptors (Lipinski definition) is 2. The molecule has 0 aliphatic rings. The summed E-state index contributed by atoms with van der Waals surface area (Å²) in [5.41, 5.74) is 1.80. The molecule has 1 aromatic carbocycles. The van der Waals surface area contributed by atoms with Crippen LogP contribution in [0, 0.1) is 16.3 Å². The van der Waals surface area contributed by atoms with E-state index in [9.17, 15) is 9.18 Å². The number of aromatic nitrogens is 1. The monoisotopic (exact) mass is 371 g/mol. The number of benzene rings is 1. The third kappa shape index (κ3) is 3.09. The molecular formula is C14H11FINO2. The molecule has 0 unspecified atom stereocenters. The highest BCUT2D eigenvalue weighted by Crippen LogP contribution is 2.20. The Bertz CT molecular complexity index is 643. The van der Waals surface area contributed by atoms with E-state index in [1.54, 1.807) is 19.1 Å². The topological polar surface area (TPSA) is 50.2 Å². The first kappa shape index (κ1) is 13.9. The van der Waals surface area contributed by atoms with Gasteiger partial charge in [-0.05, 0) is 58.8 Å². The van der Waals surface area contributed by atoms with Gasteiger partial charge in [0.25, 0.3) is 0 Å². The van der Waals surface area contributed by atoms with Crippen molar-refractivity contribution in [1.29, 1.82) is 0 Å². The molecular weight excluding hydrogens is 360 g/mol. The van der Waals surface area contributed by atoms with Crippen molar-refractivity contribution in [1.82, 2.24) is 4.98 Å². The van der Waals surface area contributed by atoms with E-state index in [2.05, 4.69) is 4.98 Å². The van der Waals surface area contributed by atoms with Gasteiger partial charge in [-0.1, -0.05) is 6.07 Å². The summed E-state index contributed by atoms with van der Waals surface area (Å²) in [5, 5.41) is 9.16. The maximum absolute atomic E-state index is 13.8. The lowest BCUT2D eigenvalue weighted by atomic mass is 9.98. The van der Waals surface area contributed by atoms with E-state index in [0.717, 1.165) is 3.57 Å². The van der Waals surface area contributed by atoms with E-state index in [1.165, 1.54) is 18.3 Å². The average molecular weight is 371 g/mol. The Morgan fingerprint density at radius 3 is 2.79 bits per heavy atom. The zero-order valence-electron chi connectivity index (χ0n) is 10.2. The minimum atomic E-state index is -1.02. The lowest BCUT2D eigenvalue weighted by Crippen LogP contribution is -2.07. The lowest BCUT2D eigenvalue weighted by molar-refractivity contribution is 0.0695. The smallest absolute Gasteiger partial charge is 0.336 e. The molecule has 19 heavy (non-hydrogen) atoms. The van der Waals surface area contributed by atoms with Crippen LogP contribution in [0.4, 0.5) is 4.39 Å². The first-order valence-corrected chi connectivity index (χ1v) is 6.68. The van der Waals surface area contributed by atoms with Crippen molar-refractivity contribution >= 4 is 28.6 Å². The van der Waals surface area contributed by atoms with Crippen LogP contribution in [0.1, 0.15) is 27.2 Å². The molecule has 0 amide bonds. The predicted octanol–water partition coefficient (Wildman–Crippen LogP) is 3.42. The van der Waals surface area contributed by atoms with Gasteiger partial charge < -0.3 is 5.11 Å². The number of carbonyl (C=O) groups is 1. The van der Waals surface area contributed by atoms with Gasteiger partial charge in [-0.2, -0.15) is 0 Å². The molecule has 3 nitrogen and oxygen atoms in total. The highest BCUT2D eigenvalue weighted by molar-refractivity contribution is 14.1. The van der Waals surface area contributed by atoms with Crippen LogP contribution in [0.25, 0.3) is 0 Å². The van der Waals surface area contributed by atoms with Gasteiger partial charge in [-0.3, -0.25) is 4.98 Å². The molecule has 2 rings (SSSR count). The number of carboxylic acid groups (broad SMARTS) is 1. The Kier molecular flexibility index (Phi) is 4.14. The molecule has 0 saturated carbocycles. The van der Waals surface area contributed by atoms with Crippen LogP contribution < -0.4 is 0 Å². The second kappa shape index (κ2) is 5.64. The SMILES string of the molecule is Cc1nccc(C(=O)O)c1Cc1ccc(I)cc1F. The van der Waals surface area contributed by atoms with Gasteiger partial charge in [-0.25, -0.2) is 9.18 Å². The first-order chi connectivity index (χ1) is 8.99. The normalized spacial score (nSPS) is 10.5. The van der Waals surface area contributed by atoms with Crippen LogP contribution in [0.2, 0.25) is 0 Å². The van der Waals surface area contributed by atoms with Crippen LogP contribution in [-0.4, -0.2) is 16.1 Å². The second-order valence-electron chi connectivity index (χ2n) is 4.14. The quantitative estimate of drug-likeness (QED) is 0.842. The van der Waals surface area contributed by atoms with Gasteiger partial charge in [0.05, 0.1) is 5.56 Å². The molecule has 0 atom stereocenters. The number of aryl methyl sites for hydroxylation is 1. The third-order valence-corrected chi connectivity index (χ3v) is 3.55. The van der Waals surface area contributed by atoms with Gasteiger partial charge in [-0.15, -0.1) is 0 Å². The molecule has 0 spiro atoms. The van der Waals surface area contributed by atoms with Crippen LogP contribution in [0.15, 0.2) is 30.5 Å². The summed E-state index contributed by atoms with van der Waals surface area (Å²) >= 11 is 2.03. The highest BCUT2D eigenvalue weighted by Gasteiger charge is 2.15. The van der Waals surface area contributed by atoms with E-state index in [-0.39, 0.29) is 17.8 Å². The minimum absolute atomic E-state index is 0.172. The summed E-state index contributed by atoms with van der Waals surface area (Å²) in [7, 11) is 0. The van der Waals surface area contributed by atoms with Crippen molar-refractivity contribution in [2.45, 2.75) is 13.3 Å². The Balaban J connectivity index is 2.46. The average Bonchev–Trinajstić information content (AvgIpc) is 2.34. The van der Waals surface area contributed by atoms with Gasteiger partial charge in [0.1, 0.15) is 5.82 Å². The minimum Gasteiger partial charge on any atom is -0.478 e. The fourth-order valence-corrected chi connectivity index (χ4v) is 2.33. The lowest BCUT2D eigenvalue weighted by Gasteiger charge is -2.10. The summed E-state index contributed by atoms with van der Waals surface area (Å²) in [4.78, 5) is 15.3. The van der Waals surface area contributed by atoms with Crippen molar-refractivity contribution < 1.29 is 14.3 Å². The summed E-state index contributed by atoms with van der Waals surface area (Å²) in [6.45, 7) is 1.73. The molecule has 1 aromatic heterocycles. The van der Waals surface area contributed by atoms with E-state index in [4.69, 9.17) is 5.11 Å². The summed E-state index contributed by atoms with van der Waals surface area (Å²) in [5.74, 6) is -1.35. The van der Waals surface area contributed by atoms with Crippen LogP contribution in [0.3, 0.4) is 0 Å². The summed E-state index contributed by atoms with van der Waals surface area (Å²) in [6.07, 6.45) is 1.68. The number of hydrogen-bond donors (Lipinski definition) is 1. The molecule has 0 radical (unpaired) electrons. The molecule has 1 heterocycles. The molecule has 0 aliphatic carbocycles. The van der Waals surface area contributed by atoms with Crippen molar-refractivity contribution in [3.63, 3.8) is 0 Å². The van der Waals surface area contributed by atoms with Gasteiger partial charge >= 0.3 is 5.97 Å². The van der Waals surface area contributed by atoms with Crippen LogP contribution in [0.5, 0.6) is 0 Å². The molecule has 0 aliphatic heterocycles. The van der Waals surface area contributed by atoms with Gasteiger partial charge in [0.15, 0.2) is 0 Å². The largest absolute Gasteiger partial charge is 0.478 e. The Labute approximate surface area is 123 Å². The molecule has 1 N–H and O–H groups in total. The fraction of sp³-hybridized carbons (Fsp3) is 0.143. The zero-order valence-corrected chi connectivity index (χ0v) is 12.3. The number of rotatable bonds is 3. The Morgan fingerprint density at radius 1 is 1.42 bits per heavy atom. The number of pyridine rings is 1. The van der Waals surface area contributed by atoms with Crippen LogP contribution in [-0.2, 0) is 6.42 Å². The van der Waals surface area contributed by atoms with Gasteiger partial charge in [0, 0.05) is 21.9 Å². The number of aromatic carboxylic acids is 1. The summed E-state index contributed by atoms with van der Waals surface area (Å²) < 4.78 is 14.6. The third-order valence-electron chi connectivity index (χ3n) is 2.88. The Hall–Kier alpha value is -1.50. The second-order valence-corrected chi connectivity index (χ2v) is 5.39. The molecule has 5 heteroatoms. The maximum Gasteiger partial charge on any atom is 0.336 e. The van der Waals surface area contributed by atoms with E-state index < -0.39 is 5.97 Å². The zero-order chi connectivity index (χ0) is 14.0. The molecule has 98 valence electrons. The highest BCUT2D eigenvalue weighted by atomic mass is 127. The molecule has 2 aromatic rings. The van der Waals surface area contributed by atoms with E-state index in [1.807, 2.05) is 22.6 Å². The first-order valence-electron chi connectivity index (χ1n) is 5.60. The van der Waals surface area contributed by atoms with Crippen molar-refractivity contribution in [2.75, 3.05) is 0 Å². The standard InChI is InChI=1S/C14H11FINO2/c1-8-12(11(14(18)19)4-5-17-8)6-9-2-3-10(16)7-13(9)15/h2-5,7H,6H2,1H3,(H,18,19). The number of halogens is 2. The van der Waals surface area contributed by atoms with E-state index in [0.29, 0.717) is 16.8 Å². The number of carboxylic acids is 1. The molecule has 0 saturated heterocycles. The van der Waals surface area contributed by atoms with E-state index >= 15 is 0 Å². The van der Waals surface area contributed by atoms with Gasteiger partial charge in [0.2, 0.25) is 0 Å². The fourth-order valence-electron chi connectivity index (χ4n) is 1.88. The summed E-state index contributed by atoms with van der Waals surface area (Å²) in [6, 6.07) is 6.34. The molecule has 0 fully saturated rings. The maximum atomic E-state index is 13.8. The van der Waals surface area contributed by atoms with Crippen LogP contribution >= 0.6 is 22.6 Å². The van der Waals surface area contributed by atoms with Crippen molar-refractivity contribution in [3.8, 4) is 0 Å². The molecule has 0 bridgehead atoms.